The summed E-state index contributed by atoms with van der Waals surface area (Å²) in [5.74, 6) is 0.738. The highest BCUT2D eigenvalue weighted by Gasteiger charge is 2.20. The van der Waals surface area contributed by atoms with Crippen molar-refractivity contribution in [3.05, 3.63) is 34.3 Å². The Hall–Kier alpha value is -0.340. The van der Waals surface area contributed by atoms with Gasteiger partial charge in [-0.05, 0) is 43.6 Å². The number of nitrogens with zero attached hydrogens (tertiary/aromatic N) is 1. The van der Waals surface area contributed by atoms with Gasteiger partial charge in [0.2, 0.25) is 0 Å². The summed E-state index contributed by atoms with van der Waals surface area (Å²) in [7, 11) is 2.19. The molecule has 1 aliphatic heterocycles. The van der Waals surface area contributed by atoms with Gasteiger partial charge in [0.1, 0.15) is 0 Å². The summed E-state index contributed by atoms with van der Waals surface area (Å²) in [6.07, 6.45) is 1.30. The number of rotatable bonds is 1. The first-order valence-electron chi connectivity index (χ1n) is 4.70. The van der Waals surface area contributed by atoms with Crippen LogP contribution in [0.3, 0.4) is 0 Å². The molecule has 2 rings (SSSR count). The molecule has 0 N–H and O–H groups in total. The molecule has 0 amide bonds. The first kappa shape index (κ1) is 9.22. The fourth-order valence-electron chi connectivity index (χ4n) is 1.97. The van der Waals surface area contributed by atoms with Gasteiger partial charge in [0, 0.05) is 11.0 Å². The molecule has 1 aromatic carbocycles. The molecule has 0 aliphatic carbocycles. The molecular weight excluding hydrogens is 226 g/mol. The molecule has 1 aromatic rings. The van der Waals surface area contributed by atoms with Crippen LogP contribution in [-0.4, -0.2) is 25.0 Å². The van der Waals surface area contributed by atoms with Gasteiger partial charge in [0.05, 0.1) is 0 Å². The largest absolute Gasteiger partial charge is 0.306 e. The first-order chi connectivity index (χ1) is 6.25. The molecule has 0 spiro atoms. The first-order valence-corrected chi connectivity index (χ1v) is 5.49. The lowest BCUT2D eigenvalue weighted by atomic mass is 9.99. The van der Waals surface area contributed by atoms with Gasteiger partial charge in [-0.25, -0.2) is 0 Å². The molecule has 0 saturated carbocycles. The molecule has 1 nitrogen and oxygen atoms in total. The van der Waals surface area contributed by atoms with Gasteiger partial charge >= 0.3 is 0 Å². The SMILES string of the molecule is CN1CCC(c2cccc(Br)c2)C1. The predicted octanol–water partition coefficient (Wildman–Crippen LogP) is 2.87. The maximum atomic E-state index is 3.51. The van der Waals surface area contributed by atoms with Crippen molar-refractivity contribution < 1.29 is 0 Å². The van der Waals surface area contributed by atoms with Crippen LogP contribution in [0.5, 0.6) is 0 Å². The standard InChI is InChI=1S/C11H14BrN/c1-13-6-5-10(8-13)9-3-2-4-11(12)7-9/h2-4,7,10H,5-6,8H2,1H3. The van der Waals surface area contributed by atoms with Crippen LogP contribution in [0.15, 0.2) is 28.7 Å². The van der Waals surface area contributed by atoms with Gasteiger partial charge in [-0.3, -0.25) is 0 Å². The van der Waals surface area contributed by atoms with E-state index in [1.165, 1.54) is 29.5 Å². The Bertz CT molecular complexity index is 298. The van der Waals surface area contributed by atoms with Crippen LogP contribution in [0.1, 0.15) is 17.9 Å². The van der Waals surface area contributed by atoms with Crippen LogP contribution in [-0.2, 0) is 0 Å². The lowest BCUT2D eigenvalue weighted by molar-refractivity contribution is 0.411. The Balaban J connectivity index is 2.16. The average molecular weight is 240 g/mol. The van der Waals surface area contributed by atoms with Gasteiger partial charge in [-0.15, -0.1) is 0 Å². The zero-order valence-corrected chi connectivity index (χ0v) is 9.42. The van der Waals surface area contributed by atoms with Gasteiger partial charge in [-0.1, -0.05) is 28.1 Å². The van der Waals surface area contributed by atoms with Crippen molar-refractivity contribution in [1.82, 2.24) is 4.90 Å². The molecule has 1 aliphatic rings. The van der Waals surface area contributed by atoms with E-state index in [1.807, 2.05) is 0 Å². The molecule has 1 atom stereocenters. The van der Waals surface area contributed by atoms with Crippen LogP contribution in [0, 0.1) is 0 Å². The third-order valence-corrected chi connectivity index (χ3v) is 3.20. The Morgan fingerprint density at radius 3 is 2.92 bits per heavy atom. The fourth-order valence-corrected chi connectivity index (χ4v) is 2.38. The van der Waals surface area contributed by atoms with Crippen LogP contribution in [0.25, 0.3) is 0 Å². The van der Waals surface area contributed by atoms with Crippen molar-refractivity contribution >= 4 is 15.9 Å². The molecule has 13 heavy (non-hydrogen) atoms. The number of likely N-dealkylation sites (N-methyl/N-ethyl adjacent to an activating group) is 1. The van der Waals surface area contributed by atoms with Crippen LogP contribution < -0.4 is 0 Å². The van der Waals surface area contributed by atoms with E-state index in [0.29, 0.717) is 0 Å². The minimum absolute atomic E-state index is 0.738. The third-order valence-electron chi connectivity index (χ3n) is 2.71. The Morgan fingerprint density at radius 2 is 2.31 bits per heavy atom. The zero-order chi connectivity index (χ0) is 9.26. The van der Waals surface area contributed by atoms with Gasteiger partial charge in [-0.2, -0.15) is 0 Å². The van der Waals surface area contributed by atoms with Crippen LogP contribution in [0.4, 0.5) is 0 Å². The summed E-state index contributed by atoms with van der Waals surface area (Å²) < 4.78 is 1.19. The highest BCUT2D eigenvalue weighted by Crippen LogP contribution is 2.27. The molecule has 1 saturated heterocycles. The van der Waals surface area contributed by atoms with E-state index in [1.54, 1.807) is 0 Å². The summed E-state index contributed by atoms with van der Waals surface area (Å²) in [5, 5.41) is 0. The van der Waals surface area contributed by atoms with Crippen molar-refractivity contribution in [2.24, 2.45) is 0 Å². The van der Waals surface area contributed by atoms with Crippen molar-refractivity contribution in [3.63, 3.8) is 0 Å². The zero-order valence-electron chi connectivity index (χ0n) is 7.83. The molecule has 1 fully saturated rings. The maximum absolute atomic E-state index is 3.51. The lowest BCUT2D eigenvalue weighted by Gasteiger charge is -2.10. The second-order valence-electron chi connectivity index (χ2n) is 3.80. The van der Waals surface area contributed by atoms with Gasteiger partial charge in [0.15, 0.2) is 0 Å². The van der Waals surface area contributed by atoms with E-state index < -0.39 is 0 Å². The van der Waals surface area contributed by atoms with E-state index in [0.717, 1.165) is 5.92 Å². The maximum Gasteiger partial charge on any atom is 0.0178 e. The van der Waals surface area contributed by atoms with Crippen molar-refractivity contribution in [1.29, 1.82) is 0 Å². The quantitative estimate of drug-likeness (QED) is 0.729. The summed E-state index contributed by atoms with van der Waals surface area (Å²) in [4.78, 5) is 2.39. The highest BCUT2D eigenvalue weighted by atomic mass is 79.9. The highest BCUT2D eigenvalue weighted by molar-refractivity contribution is 9.10. The molecule has 0 aromatic heterocycles. The molecule has 1 heterocycles. The summed E-state index contributed by atoms with van der Waals surface area (Å²) in [5.41, 5.74) is 1.47. The minimum Gasteiger partial charge on any atom is -0.306 e. The number of benzene rings is 1. The van der Waals surface area contributed by atoms with Crippen LogP contribution in [0.2, 0.25) is 0 Å². The van der Waals surface area contributed by atoms with E-state index in [2.05, 4.69) is 52.1 Å². The predicted molar refractivity (Wildman–Crippen MR) is 59.0 cm³/mol. The van der Waals surface area contributed by atoms with Gasteiger partial charge in [0.25, 0.3) is 0 Å². The van der Waals surface area contributed by atoms with E-state index >= 15 is 0 Å². The summed E-state index contributed by atoms with van der Waals surface area (Å²) >= 11 is 3.51. The molecule has 1 unspecified atom stereocenters. The van der Waals surface area contributed by atoms with E-state index in [-0.39, 0.29) is 0 Å². The monoisotopic (exact) mass is 239 g/mol. The number of hydrogen-bond donors (Lipinski definition) is 0. The number of likely N-dealkylation sites (tertiary alicyclic amines) is 1. The Morgan fingerprint density at radius 1 is 1.46 bits per heavy atom. The normalized spacial score (nSPS) is 23.7. The molecule has 0 bridgehead atoms. The third kappa shape index (κ3) is 2.12. The molecule has 2 heteroatoms. The fraction of sp³-hybridized carbons (Fsp3) is 0.455. The van der Waals surface area contributed by atoms with Crippen molar-refractivity contribution in [2.75, 3.05) is 20.1 Å². The minimum atomic E-state index is 0.738. The Kier molecular flexibility index (Phi) is 2.70. The topological polar surface area (TPSA) is 3.24 Å². The van der Waals surface area contributed by atoms with Crippen molar-refractivity contribution in [3.8, 4) is 0 Å². The average Bonchev–Trinajstić information content (AvgIpc) is 2.52. The van der Waals surface area contributed by atoms with Crippen LogP contribution >= 0.6 is 15.9 Å². The number of halogens is 1. The second kappa shape index (κ2) is 3.81. The van der Waals surface area contributed by atoms with E-state index in [4.69, 9.17) is 0 Å². The second-order valence-corrected chi connectivity index (χ2v) is 4.72. The number of hydrogen-bond acceptors (Lipinski definition) is 1. The summed E-state index contributed by atoms with van der Waals surface area (Å²) in [6.45, 7) is 2.44. The summed E-state index contributed by atoms with van der Waals surface area (Å²) in [6, 6.07) is 8.68. The molecule has 0 radical (unpaired) electrons. The molecule has 70 valence electrons. The lowest BCUT2D eigenvalue weighted by Crippen LogP contribution is -2.13. The Labute approximate surface area is 87.9 Å². The smallest absolute Gasteiger partial charge is 0.0178 e. The van der Waals surface area contributed by atoms with E-state index in [9.17, 15) is 0 Å². The molecular formula is C11H14BrN. The van der Waals surface area contributed by atoms with Crippen molar-refractivity contribution in [2.45, 2.75) is 12.3 Å². The van der Waals surface area contributed by atoms with Gasteiger partial charge < -0.3 is 4.90 Å².